The van der Waals surface area contributed by atoms with Gasteiger partial charge in [0.25, 0.3) is 0 Å². The van der Waals surface area contributed by atoms with Gasteiger partial charge in [-0.15, -0.1) is 11.6 Å². The van der Waals surface area contributed by atoms with Gasteiger partial charge in [-0.05, 0) is 30.5 Å². The van der Waals surface area contributed by atoms with Crippen LogP contribution in [0.5, 0.6) is 5.75 Å². The molecule has 2 nitrogen and oxygen atoms in total. The molecule has 0 bridgehead atoms. The largest absolute Gasteiger partial charge is 0.492 e. The Kier molecular flexibility index (Phi) is 5.51. The zero-order valence-electron chi connectivity index (χ0n) is 9.08. The summed E-state index contributed by atoms with van der Waals surface area (Å²) in [6.07, 6.45) is 1.93. The molecule has 84 valence electrons. The van der Waals surface area contributed by atoms with Gasteiger partial charge in [0.05, 0.1) is 5.88 Å². The summed E-state index contributed by atoms with van der Waals surface area (Å²) in [6.45, 7) is 2.65. The number of nitrogens with two attached hydrogens (primary N) is 1. The van der Waals surface area contributed by atoms with Crippen LogP contribution in [-0.4, -0.2) is 18.5 Å². The maximum Gasteiger partial charge on any atom is 0.119 e. The van der Waals surface area contributed by atoms with Crippen LogP contribution in [0.25, 0.3) is 0 Å². The second-order valence-corrected chi connectivity index (χ2v) is 3.93. The third-order valence-corrected chi connectivity index (χ3v) is 2.45. The molecule has 0 heterocycles. The van der Waals surface area contributed by atoms with E-state index in [0.717, 1.165) is 18.6 Å². The first kappa shape index (κ1) is 12.3. The number of ether oxygens (including phenoxy) is 1. The number of halogens is 1. The summed E-state index contributed by atoms with van der Waals surface area (Å²) >= 11 is 5.53. The molecule has 15 heavy (non-hydrogen) atoms. The van der Waals surface area contributed by atoms with Crippen molar-refractivity contribution >= 4 is 11.6 Å². The lowest BCUT2D eigenvalue weighted by atomic mass is 10.0. The molecule has 1 aromatic carbocycles. The molecular formula is C12H18ClNO. The Morgan fingerprint density at radius 3 is 2.53 bits per heavy atom. The van der Waals surface area contributed by atoms with Gasteiger partial charge in [0.2, 0.25) is 0 Å². The van der Waals surface area contributed by atoms with E-state index in [1.807, 2.05) is 12.1 Å². The zero-order chi connectivity index (χ0) is 11.1. The number of benzene rings is 1. The molecule has 0 aromatic heterocycles. The van der Waals surface area contributed by atoms with Crippen molar-refractivity contribution in [2.45, 2.75) is 25.8 Å². The van der Waals surface area contributed by atoms with Gasteiger partial charge in [-0.3, -0.25) is 0 Å². The highest BCUT2D eigenvalue weighted by atomic mass is 35.5. The fraction of sp³-hybridized carbons (Fsp3) is 0.500. The van der Waals surface area contributed by atoms with Crippen molar-refractivity contribution in [3.8, 4) is 5.75 Å². The molecule has 1 aromatic rings. The van der Waals surface area contributed by atoms with Crippen LogP contribution in [-0.2, 0) is 6.42 Å². The van der Waals surface area contributed by atoms with E-state index < -0.39 is 0 Å². The van der Waals surface area contributed by atoms with E-state index >= 15 is 0 Å². The van der Waals surface area contributed by atoms with Crippen LogP contribution in [0.4, 0.5) is 0 Å². The Morgan fingerprint density at radius 2 is 2.00 bits per heavy atom. The molecule has 2 N–H and O–H groups in total. The lowest BCUT2D eigenvalue weighted by molar-refractivity contribution is 0.342. The van der Waals surface area contributed by atoms with Gasteiger partial charge in [0.1, 0.15) is 12.4 Å². The fourth-order valence-electron chi connectivity index (χ4n) is 1.33. The lowest BCUT2D eigenvalue weighted by Gasteiger charge is -2.09. The molecule has 0 amide bonds. The first-order chi connectivity index (χ1) is 7.26. The maximum atomic E-state index is 5.87. The fourth-order valence-corrected chi connectivity index (χ4v) is 1.40. The van der Waals surface area contributed by atoms with E-state index in [1.54, 1.807) is 0 Å². The highest BCUT2D eigenvalue weighted by molar-refractivity contribution is 6.17. The smallest absolute Gasteiger partial charge is 0.119 e. The summed E-state index contributed by atoms with van der Waals surface area (Å²) in [5.74, 6) is 1.38. The van der Waals surface area contributed by atoms with Crippen LogP contribution >= 0.6 is 11.6 Å². The zero-order valence-corrected chi connectivity index (χ0v) is 9.83. The minimum Gasteiger partial charge on any atom is -0.492 e. The predicted molar refractivity (Wildman–Crippen MR) is 64.6 cm³/mol. The van der Waals surface area contributed by atoms with Gasteiger partial charge >= 0.3 is 0 Å². The first-order valence-corrected chi connectivity index (χ1v) is 5.83. The number of alkyl halides is 1. The average Bonchev–Trinajstić information content (AvgIpc) is 2.28. The Labute approximate surface area is 96.4 Å². The molecule has 1 unspecified atom stereocenters. The van der Waals surface area contributed by atoms with Crippen LogP contribution in [0.15, 0.2) is 24.3 Å². The quantitative estimate of drug-likeness (QED) is 0.759. The van der Waals surface area contributed by atoms with Crippen LogP contribution in [0, 0.1) is 0 Å². The van der Waals surface area contributed by atoms with E-state index in [0.29, 0.717) is 12.5 Å². The molecule has 0 saturated heterocycles. The molecule has 0 aliphatic carbocycles. The number of rotatable bonds is 6. The van der Waals surface area contributed by atoms with Gasteiger partial charge in [-0.1, -0.05) is 19.1 Å². The third-order valence-electron chi connectivity index (χ3n) is 2.29. The molecule has 1 rings (SSSR count). The SMILES string of the molecule is CCC(N)Cc1ccc(OCCCl)cc1. The van der Waals surface area contributed by atoms with E-state index in [4.69, 9.17) is 22.1 Å². The van der Waals surface area contributed by atoms with E-state index in [9.17, 15) is 0 Å². The highest BCUT2D eigenvalue weighted by Crippen LogP contribution is 2.13. The summed E-state index contributed by atoms with van der Waals surface area (Å²) in [6, 6.07) is 8.28. The molecular weight excluding hydrogens is 210 g/mol. The monoisotopic (exact) mass is 227 g/mol. The van der Waals surface area contributed by atoms with Crippen LogP contribution in [0.1, 0.15) is 18.9 Å². The second-order valence-electron chi connectivity index (χ2n) is 3.55. The van der Waals surface area contributed by atoms with Crippen molar-refractivity contribution in [2.75, 3.05) is 12.5 Å². The summed E-state index contributed by atoms with van der Waals surface area (Å²) in [7, 11) is 0. The van der Waals surface area contributed by atoms with Crippen LogP contribution < -0.4 is 10.5 Å². The van der Waals surface area contributed by atoms with E-state index in [1.165, 1.54) is 5.56 Å². The molecule has 0 saturated carbocycles. The summed E-state index contributed by atoms with van der Waals surface area (Å²) in [5, 5.41) is 0. The van der Waals surface area contributed by atoms with Crippen molar-refractivity contribution in [1.29, 1.82) is 0 Å². The van der Waals surface area contributed by atoms with Crippen molar-refractivity contribution in [3.05, 3.63) is 29.8 Å². The molecule has 0 fully saturated rings. The number of hydrogen-bond donors (Lipinski definition) is 1. The highest BCUT2D eigenvalue weighted by Gasteiger charge is 2.01. The summed E-state index contributed by atoms with van der Waals surface area (Å²) < 4.78 is 5.38. The van der Waals surface area contributed by atoms with Crippen LogP contribution in [0.3, 0.4) is 0 Å². The van der Waals surface area contributed by atoms with Crippen molar-refractivity contribution < 1.29 is 4.74 Å². The normalized spacial score (nSPS) is 12.5. The second kappa shape index (κ2) is 6.70. The molecule has 3 heteroatoms. The van der Waals surface area contributed by atoms with Crippen molar-refractivity contribution in [1.82, 2.24) is 0 Å². The maximum absolute atomic E-state index is 5.87. The molecule has 1 atom stereocenters. The van der Waals surface area contributed by atoms with Crippen molar-refractivity contribution in [2.24, 2.45) is 5.73 Å². The Balaban J connectivity index is 2.48. The third kappa shape index (κ3) is 4.54. The summed E-state index contributed by atoms with van der Waals surface area (Å²) in [4.78, 5) is 0. The van der Waals surface area contributed by atoms with Crippen molar-refractivity contribution in [3.63, 3.8) is 0 Å². The predicted octanol–water partition coefficient (Wildman–Crippen LogP) is 2.58. The molecule has 0 aliphatic rings. The van der Waals surface area contributed by atoms with Gasteiger partial charge in [-0.25, -0.2) is 0 Å². The average molecular weight is 228 g/mol. The van der Waals surface area contributed by atoms with E-state index in [-0.39, 0.29) is 6.04 Å². The molecule has 0 spiro atoms. The van der Waals surface area contributed by atoms with Crippen LogP contribution in [0.2, 0.25) is 0 Å². The summed E-state index contributed by atoms with van der Waals surface area (Å²) in [5.41, 5.74) is 7.13. The Hall–Kier alpha value is -0.730. The van der Waals surface area contributed by atoms with Gasteiger partial charge in [-0.2, -0.15) is 0 Å². The first-order valence-electron chi connectivity index (χ1n) is 5.29. The lowest BCUT2D eigenvalue weighted by Crippen LogP contribution is -2.21. The van der Waals surface area contributed by atoms with Gasteiger partial charge in [0.15, 0.2) is 0 Å². The van der Waals surface area contributed by atoms with E-state index in [2.05, 4.69) is 19.1 Å². The molecule has 0 radical (unpaired) electrons. The minimum absolute atomic E-state index is 0.250. The molecule has 0 aliphatic heterocycles. The number of hydrogen-bond acceptors (Lipinski definition) is 2. The standard InChI is InChI=1S/C12H18ClNO/c1-2-11(14)9-10-3-5-12(6-4-10)15-8-7-13/h3-6,11H,2,7-9,14H2,1H3. The van der Waals surface area contributed by atoms with Gasteiger partial charge in [0, 0.05) is 6.04 Å². The Bertz CT molecular complexity index is 273. The van der Waals surface area contributed by atoms with Gasteiger partial charge < -0.3 is 10.5 Å². The minimum atomic E-state index is 0.250. The topological polar surface area (TPSA) is 35.2 Å². The Morgan fingerprint density at radius 1 is 1.33 bits per heavy atom.